The number of nitrogens with zero attached hydrogens (tertiary/aromatic N) is 3. The topological polar surface area (TPSA) is 167 Å². The first-order valence-electron chi connectivity index (χ1n) is 30.7. The number of nitrogens with one attached hydrogen (secondary N) is 6. The quantitative estimate of drug-likeness (QED) is 0.0330. The highest BCUT2D eigenvalue weighted by Gasteiger charge is 2.34. The van der Waals surface area contributed by atoms with Gasteiger partial charge in [0.15, 0.2) is 0 Å². The van der Waals surface area contributed by atoms with Gasteiger partial charge in [-0.1, -0.05) is 173 Å². The van der Waals surface area contributed by atoms with Crippen molar-refractivity contribution in [1.82, 2.24) is 46.6 Å². The molecule has 0 aliphatic rings. The van der Waals surface area contributed by atoms with Gasteiger partial charge in [0.25, 0.3) is 0 Å². The van der Waals surface area contributed by atoms with E-state index in [0.717, 1.165) is 25.7 Å². The van der Waals surface area contributed by atoms with Crippen molar-refractivity contribution in [3.8, 4) is 0 Å². The van der Waals surface area contributed by atoms with Crippen LogP contribution in [0.1, 0.15) is 231 Å². The molecular weight excluding hydrogens is 987 g/mol. The molecule has 6 N–H and O–H groups in total. The third-order valence-corrected chi connectivity index (χ3v) is 15.1. The van der Waals surface area contributed by atoms with Crippen molar-refractivity contribution in [3.63, 3.8) is 0 Å². The van der Waals surface area contributed by atoms with Gasteiger partial charge in [0.05, 0.1) is 0 Å². The number of rotatable bonds is 38. The predicted octanol–water partition coefficient (Wildman–Crippen LogP) is 10.9. The van der Waals surface area contributed by atoms with Gasteiger partial charge in [-0.25, -0.2) is 0 Å². The van der Waals surface area contributed by atoms with Gasteiger partial charge < -0.3 is 46.6 Å². The minimum Gasteiger partial charge on any atom is -0.356 e. The minimum atomic E-state index is -0.0951. The Balaban J connectivity index is 6.34. The zero-order chi connectivity index (χ0) is 61.5. The van der Waals surface area contributed by atoms with Gasteiger partial charge in [-0.2, -0.15) is 0 Å². The van der Waals surface area contributed by atoms with Crippen LogP contribution in [-0.4, -0.2) is 149 Å². The van der Waals surface area contributed by atoms with E-state index in [-0.39, 0.29) is 83.7 Å². The molecule has 0 radical (unpaired) electrons. The van der Waals surface area contributed by atoms with E-state index in [1.54, 1.807) is 0 Å². The van der Waals surface area contributed by atoms with Crippen LogP contribution in [0.25, 0.3) is 0 Å². The zero-order valence-corrected chi connectivity index (χ0v) is 56.6. The van der Waals surface area contributed by atoms with Gasteiger partial charge in [0, 0.05) is 137 Å². The van der Waals surface area contributed by atoms with Crippen LogP contribution in [0.2, 0.25) is 0 Å². The largest absolute Gasteiger partial charge is 0.356 e. The van der Waals surface area contributed by atoms with Crippen LogP contribution in [0.15, 0.2) is 0 Å². The Kier molecular flexibility index (Phi) is 31.7. The Labute approximate surface area is 487 Å². The third kappa shape index (κ3) is 41.8. The monoisotopic (exact) mass is 1120 g/mol. The first-order valence-corrected chi connectivity index (χ1v) is 30.7. The minimum absolute atomic E-state index is 0.00165. The average molecular weight is 1120 g/mol. The fourth-order valence-corrected chi connectivity index (χ4v) is 11.6. The summed E-state index contributed by atoms with van der Waals surface area (Å²) in [7, 11) is 0. The van der Waals surface area contributed by atoms with Crippen LogP contribution in [0.4, 0.5) is 0 Å². The van der Waals surface area contributed by atoms with Gasteiger partial charge in [0.1, 0.15) is 0 Å². The van der Waals surface area contributed by atoms with E-state index in [4.69, 9.17) is 0 Å². The van der Waals surface area contributed by atoms with Crippen LogP contribution >= 0.6 is 0 Å². The highest BCUT2D eigenvalue weighted by atomic mass is 16.2. The second-order valence-electron chi connectivity index (χ2n) is 33.6. The van der Waals surface area contributed by atoms with Crippen LogP contribution < -0.4 is 31.9 Å². The molecule has 0 aromatic rings. The Morgan fingerprint density at radius 1 is 0.278 bits per heavy atom. The Hall–Kier alpha value is -2.81. The third-order valence-electron chi connectivity index (χ3n) is 15.1. The molecule has 0 fully saturated rings. The molecule has 0 bridgehead atoms. The van der Waals surface area contributed by atoms with Crippen molar-refractivity contribution in [2.75, 3.05) is 105 Å². The van der Waals surface area contributed by atoms with Crippen molar-refractivity contribution in [3.05, 3.63) is 0 Å². The van der Waals surface area contributed by atoms with E-state index < -0.39 is 0 Å². The van der Waals surface area contributed by atoms with Crippen molar-refractivity contribution >= 4 is 29.5 Å². The smallest absolute Gasteiger partial charge is 0.221 e. The lowest BCUT2D eigenvalue weighted by atomic mass is 9.69. The van der Waals surface area contributed by atoms with Gasteiger partial charge in [-0.05, 0) is 79.8 Å². The Morgan fingerprint density at radius 2 is 0.481 bits per heavy atom. The average Bonchev–Trinajstić information content (AvgIpc) is 3.23. The molecule has 0 unspecified atom stereocenters. The number of carbonyl (C=O) groups is 5. The summed E-state index contributed by atoms with van der Waals surface area (Å²) in [5.74, 6) is 0.0669. The first kappa shape index (κ1) is 76.2. The number of amides is 5. The van der Waals surface area contributed by atoms with Gasteiger partial charge in [-0.3, -0.25) is 24.0 Å². The SMILES string of the molecule is CC(C)(C)CC(C)(C)CNC(=O)CCN(CCNCCN(CCC(=O)NCC(C)(C)CC(C)(C)C)CCN(CCC(=O)NCC(C)(C)CC(C)(C)C)CCC(=O)NCC(C)(C)C(C)(C)C)CCC(=O)NCC(C)(C)CC(C)(C)C. The second kappa shape index (κ2) is 32.9. The first-order chi connectivity index (χ1) is 35.5. The van der Waals surface area contributed by atoms with E-state index in [2.05, 4.69) is 220 Å². The van der Waals surface area contributed by atoms with Crippen LogP contribution in [-0.2, 0) is 24.0 Å². The maximum absolute atomic E-state index is 13.5. The van der Waals surface area contributed by atoms with E-state index >= 15 is 0 Å². The van der Waals surface area contributed by atoms with Gasteiger partial charge in [-0.15, -0.1) is 0 Å². The summed E-state index contributed by atoms with van der Waals surface area (Å²) in [5, 5.41) is 19.7. The van der Waals surface area contributed by atoms with Crippen molar-refractivity contribution in [2.45, 2.75) is 231 Å². The van der Waals surface area contributed by atoms with E-state index in [0.29, 0.717) is 137 Å². The number of carbonyl (C=O) groups excluding carboxylic acids is 5. The second-order valence-corrected chi connectivity index (χ2v) is 33.6. The fraction of sp³-hybridized carbons (Fsp3) is 0.923. The predicted molar refractivity (Wildman–Crippen MR) is 335 cm³/mol. The molecule has 14 nitrogen and oxygen atoms in total. The summed E-state index contributed by atoms with van der Waals surface area (Å²) in [6, 6.07) is 0. The van der Waals surface area contributed by atoms with E-state index in [1.165, 1.54) is 0 Å². The highest BCUT2D eigenvalue weighted by molar-refractivity contribution is 5.78. The van der Waals surface area contributed by atoms with Crippen LogP contribution in [0, 0.1) is 54.1 Å². The Morgan fingerprint density at radius 3 is 0.696 bits per heavy atom. The van der Waals surface area contributed by atoms with Gasteiger partial charge >= 0.3 is 0 Å². The molecule has 5 amide bonds. The zero-order valence-electron chi connectivity index (χ0n) is 56.6. The van der Waals surface area contributed by atoms with Crippen molar-refractivity contribution in [1.29, 1.82) is 0 Å². The van der Waals surface area contributed by atoms with E-state index in [9.17, 15) is 24.0 Å². The molecule has 0 aliphatic heterocycles. The highest BCUT2D eigenvalue weighted by Crippen LogP contribution is 2.38. The van der Waals surface area contributed by atoms with Crippen molar-refractivity contribution < 1.29 is 24.0 Å². The summed E-state index contributed by atoms with van der Waals surface area (Å²) in [5.41, 5.74) is 0.354. The summed E-state index contributed by atoms with van der Waals surface area (Å²) in [6.45, 7) is 65.0. The molecule has 0 aliphatic carbocycles. The van der Waals surface area contributed by atoms with Gasteiger partial charge in [0.2, 0.25) is 29.5 Å². The van der Waals surface area contributed by atoms with E-state index in [1.807, 2.05) is 0 Å². The van der Waals surface area contributed by atoms with Crippen LogP contribution in [0.3, 0.4) is 0 Å². The normalized spacial score (nSPS) is 13.8. The number of hydrogen-bond acceptors (Lipinski definition) is 9. The molecule has 0 saturated heterocycles. The standard InChI is InChI=1S/C65H131N9O5/c1-56(2,3)42-61(16,17)46-67-51(75)26-33-72(34-27-52(76)68-47-62(18,19)43-57(4,5)6)38-31-66-32-39-74(37-30-54(78)70-49-64(22,23)45-59(10,11)12)41-40-73(36-29-55(79)71-50-65(24,25)60(13,14)15)35-28-53(77)69-48-63(20,21)44-58(7,8)9/h66H,26-50H2,1-25H3,(H,67,75)(H,68,76)(H,69,77)(H,70,78)(H,71,79). The lowest BCUT2D eigenvalue weighted by Crippen LogP contribution is -2.44. The molecule has 0 aromatic carbocycles. The molecule has 0 heterocycles. The molecular formula is C65H131N9O5. The maximum atomic E-state index is 13.5. The lowest BCUT2D eigenvalue weighted by molar-refractivity contribution is -0.123. The molecule has 79 heavy (non-hydrogen) atoms. The molecule has 0 spiro atoms. The summed E-state index contributed by atoms with van der Waals surface area (Å²) in [4.78, 5) is 73.6. The summed E-state index contributed by atoms with van der Waals surface area (Å²) < 4.78 is 0. The molecule has 0 atom stereocenters. The maximum Gasteiger partial charge on any atom is 0.221 e. The lowest BCUT2D eigenvalue weighted by Gasteiger charge is -2.39. The van der Waals surface area contributed by atoms with Crippen LogP contribution in [0.5, 0.6) is 0 Å². The number of hydrogen-bond donors (Lipinski definition) is 6. The molecule has 0 rings (SSSR count). The Bertz CT molecular complexity index is 1760. The summed E-state index contributed by atoms with van der Waals surface area (Å²) in [6.07, 6.45) is 5.63. The molecule has 0 aromatic heterocycles. The fourth-order valence-electron chi connectivity index (χ4n) is 11.6. The molecule has 466 valence electrons. The summed E-state index contributed by atoms with van der Waals surface area (Å²) >= 11 is 0. The molecule has 0 saturated carbocycles. The van der Waals surface area contributed by atoms with Crippen molar-refractivity contribution in [2.24, 2.45) is 54.1 Å². The molecule has 14 heteroatoms.